The zero-order valence-corrected chi connectivity index (χ0v) is 16.1. The maximum Gasteiger partial charge on any atom is 0.191 e. The third-order valence-electron chi connectivity index (χ3n) is 4.16. The SMILES string of the molecule is CCNC(=NCc1c(F)c(F)cc(F)c1F)NCC(C)(O)c1cc(C)oc1C. The smallest absolute Gasteiger partial charge is 0.191 e. The summed E-state index contributed by atoms with van der Waals surface area (Å²) < 4.78 is 59.6. The number of rotatable bonds is 6. The lowest BCUT2D eigenvalue weighted by atomic mass is 9.96. The van der Waals surface area contributed by atoms with E-state index >= 15 is 0 Å². The molecule has 9 heteroatoms. The van der Waals surface area contributed by atoms with E-state index in [0.29, 0.717) is 23.6 Å². The van der Waals surface area contributed by atoms with Gasteiger partial charge in [-0.1, -0.05) is 0 Å². The lowest BCUT2D eigenvalue weighted by molar-refractivity contribution is 0.0601. The number of hydrogen-bond acceptors (Lipinski definition) is 3. The van der Waals surface area contributed by atoms with Gasteiger partial charge in [0.15, 0.2) is 29.2 Å². The predicted molar refractivity (Wildman–Crippen MR) is 96.8 cm³/mol. The van der Waals surface area contributed by atoms with Crippen LogP contribution >= 0.6 is 0 Å². The van der Waals surface area contributed by atoms with Crippen LogP contribution in [0.15, 0.2) is 21.5 Å². The average Bonchev–Trinajstić information content (AvgIpc) is 2.97. The van der Waals surface area contributed by atoms with Crippen molar-refractivity contribution < 1.29 is 27.1 Å². The van der Waals surface area contributed by atoms with Crippen LogP contribution in [0.25, 0.3) is 0 Å². The quantitative estimate of drug-likeness (QED) is 0.300. The molecule has 0 aliphatic rings. The Kier molecular flexibility index (Phi) is 6.71. The van der Waals surface area contributed by atoms with E-state index in [1.807, 2.05) is 0 Å². The van der Waals surface area contributed by atoms with Gasteiger partial charge in [0.05, 0.1) is 18.7 Å². The number of hydrogen-bond donors (Lipinski definition) is 3. The minimum atomic E-state index is -1.49. The summed E-state index contributed by atoms with van der Waals surface area (Å²) in [5.41, 5.74) is -1.56. The van der Waals surface area contributed by atoms with Crippen molar-refractivity contribution in [3.05, 3.63) is 58.0 Å². The van der Waals surface area contributed by atoms with Crippen molar-refractivity contribution in [1.82, 2.24) is 10.6 Å². The fourth-order valence-corrected chi connectivity index (χ4v) is 2.78. The first-order chi connectivity index (χ1) is 13.1. The molecule has 1 atom stereocenters. The maximum atomic E-state index is 13.8. The Balaban J connectivity index is 2.19. The molecule has 1 aromatic carbocycles. The van der Waals surface area contributed by atoms with Crippen molar-refractivity contribution in [3.63, 3.8) is 0 Å². The third kappa shape index (κ3) is 4.83. The fourth-order valence-electron chi connectivity index (χ4n) is 2.78. The Hall–Kier alpha value is -2.55. The van der Waals surface area contributed by atoms with Crippen LogP contribution in [0.4, 0.5) is 17.6 Å². The molecule has 0 radical (unpaired) electrons. The van der Waals surface area contributed by atoms with Crippen LogP contribution in [-0.2, 0) is 12.1 Å². The predicted octanol–water partition coefficient (Wildman–Crippen LogP) is 3.42. The monoisotopic (exact) mass is 401 g/mol. The van der Waals surface area contributed by atoms with E-state index in [1.165, 1.54) is 0 Å². The Bertz CT molecular complexity index is 852. The Morgan fingerprint density at radius 3 is 2.21 bits per heavy atom. The summed E-state index contributed by atoms with van der Waals surface area (Å²) in [6, 6.07) is 1.86. The Labute approximate surface area is 160 Å². The van der Waals surface area contributed by atoms with E-state index in [0.717, 1.165) is 0 Å². The number of aryl methyl sites for hydroxylation is 2. The largest absolute Gasteiger partial charge is 0.466 e. The molecular formula is C19H23F4N3O2. The molecule has 1 aromatic heterocycles. The fraction of sp³-hybridized carbons (Fsp3) is 0.421. The van der Waals surface area contributed by atoms with E-state index in [4.69, 9.17) is 4.42 Å². The zero-order chi connectivity index (χ0) is 21.1. The van der Waals surface area contributed by atoms with E-state index < -0.39 is 41.0 Å². The summed E-state index contributed by atoms with van der Waals surface area (Å²) in [7, 11) is 0. The third-order valence-corrected chi connectivity index (χ3v) is 4.16. The van der Waals surface area contributed by atoms with Gasteiger partial charge in [0.25, 0.3) is 0 Å². The molecule has 28 heavy (non-hydrogen) atoms. The zero-order valence-electron chi connectivity index (χ0n) is 16.1. The number of halogens is 4. The van der Waals surface area contributed by atoms with Crippen LogP contribution < -0.4 is 10.6 Å². The molecule has 1 heterocycles. The summed E-state index contributed by atoms with van der Waals surface area (Å²) >= 11 is 0. The summed E-state index contributed by atoms with van der Waals surface area (Å²) in [5, 5.41) is 16.4. The highest BCUT2D eigenvalue weighted by atomic mass is 19.2. The van der Waals surface area contributed by atoms with Gasteiger partial charge >= 0.3 is 0 Å². The second-order valence-electron chi connectivity index (χ2n) is 6.60. The van der Waals surface area contributed by atoms with Crippen molar-refractivity contribution >= 4 is 5.96 Å². The molecule has 2 rings (SSSR count). The van der Waals surface area contributed by atoms with Gasteiger partial charge in [0.1, 0.15) is 17.1 Å². The molecular weight excluding hydrogens is 378 g/mol. The molecule has 1 unspecified atom stereocenters. The number of guanidine groups is 1. The lowest BCUT2D eigenvalue weighted by Gasteiger charge is -2.24. The Morgan fingerprint density at radius 2 is 1.71 bits per heavy atom. The van der Waals surface area contributed by atoms with E-state index in [9.17, 15) is 22.7 Å². The van der Waals surface area contributed by atoms with Crippen molar-refractivity contribution in [2.75, 3.05) is 13.1 Å². The number of furan rings is 1. The van der Waals surface area contributed by atoms with Gasteiger partial charge in [-0.25, -0.2) is 22.6 Å². The molecule has 154 valence electrons. The van der Waals surface area contributed by atoms with Crippen molar-refractivity contribution in [2.24, 2.45) is 4.99 Å². The molecule has 0 amide bonds. The molecule has 0 aliphatic carbocycles. The minimum Gasteiger partial charge on any atom is -0.466 e. The standard InChI is InChI=1S/C19H23F4N3O2/c1-5-24-18(25-8-12-16(22)14(20)7-15(21)17(12)23)26-9-19(4,27)13-6-10(2)28-11(13)3/h6-7,27H,5,8-9H2,1-4H3,(H2,24,25,26). The maximum absolute atomic E-state index is 13.8. The van der Waals surface area contributed by atoms with Gasteiger partial charge in [-0.05, 0) is 33.8 Å². The first kappa shape index (κ1) is 21.7. The van der Waals surface area contributed by atoms with Gasteiger partial charge in [-0.3, -0.25) is 0 Å². The molecule has 0 aliphatic heterocycles. The highest BCUT2D eigenvalue weighted by Crippen LogP contribution is 2.26. The molecule has 2 aromatic rings. The van der Waals surface area contributed by atoms with Crippen LogP contribution in [-0.4, -0.2) is 24.2 Å². The summed E-state index contributed by atoms with van der Waals surface area (Å²) in [6.45, 7) is 6.60. The number of nitrogens with one attached hydrogen (secondary N) is 2. The summed E-state index contributed by atoms with van der Waals surface area (Å²) in [4.78, 5) is 3.96. The highest BCUT2D eigenvalue weighted by Gasteiger charge is 2.28. The topological polar surface area (TPSA) is 69.8 Å². The van der Waals surface area contributed by atoms with E-state index in [2.05, 4.69) is 15.6 Å². The number of benzene rings is 1. The first-order valence-electron chi connectivity index (χ1n) is 8.70. The molecule has 0 spiro atoms. The second-order valence-corrected chi connectivity index (χ2v) is 6.60. The van der Waals surface area contributed by atoms with Crippen molar-refractivity contribution in [1.29, 1.82) is 0 Å². The number of nitrogens with zero attached hydrogens (tertiary/aromatic N) is 1. The van der Waals surface area contributed by atoms with Gasteiger partial charge in [-0.15, -0.1) is 0 Å². The lowest BCUT2D eigenvalue weighted by Crippen LogP contribution is -2.44. The minimum absolute atomic E-state index is 0.00111. The first-order valence-corrected chi connectivity index (χ1v) is 8.70. The molecule has 0 saturated heterocycles. The molecule has 3 N–H and O–H groups in total. The summed E-state index contributed by atoms with van der Waals surface area (Å²) in [6.07, 6.45) is 0. The normalized spacial score (nSPS) is 14.1. The molecule has 0 saturated carbocycles. The Morgan fingerprint density at radius 1 is 1.11 bits per heavy atom. The highest BCUT2D eigenvalue weighted by molar-refractivity contribution is 5.79. The van der Waals surface area contributed by atoms with Crippen LogP contribution in [0.5, 0.6) is 0 Å². The van der Waals surface area contributed by atoms with Crippen molar-refractivity contribution in [2.45, 2.75) is 39.8 Å². The molecule has 5 nitrogen and oxygen atoms in total. The number of aliphatic imine (C=N–C) groups is 1. The second kappa shape index (κ2) is 8.64. The number of aliphatic hydroxyl groups is 1. The van der Waals surface area contributed by atoms with Crippen LogP contribution in [0.2, 0.25) is 0 Å². The van der Waals surface area contributed by atoms with Crippen LogP contribution in [0, 0.1) is 37.1 Å². The average molecular weight is 401 g/mol. The van der Waals surface area contributed by atoms with E-state index in [1.54, 1.807) is 33.8 Å². The van der Waals surface area contributed by atoms with Gasteiger partial charge in [0, 0.05) is 18.2 Å². The van der Waals surface area contributed by atoms with E-state index in [-0.39, 0.29) is 18.6 Å². The molecule has 0 bridgehead atoms. The summed E-state index contributed by atoms with van der Waals surface area (Å²) in [5.74, 6) is -4.64. The van der Waals surface area contributed by atoms with Gasteiger partial charge in [-0.2, -0.15) is 0 Å². The van der Waals surface area contributed by atoms with Crippen LogP contribution in [0.1, 0.15) is 36.5 Å². The van der Waals surface area contributed by atoms with Gasteiger partial charge < -0.3 is 20.2 Å². The van der Waals surface area contributed by atoms with Gasteiger partial charge in [0.2, 0.25) is 0 Å². The molecule has 0 fully saturated rings. The van der Waals surface area contributed by atoms with Crippen LogP contribution in [0.3, 0.4) is 0 Å². The van der Waals surface area contributed by atoms with Crippen molar-refractivity contribution in [3.8, 4) is 0 Å².